The zero-order valence-electron chi connectivity index (χ0n) is 10.8. The molecule has 0 aromatic carbocycles. The topological polar surface area (TPSA) is 32.3 Å². The molecule has 0 spiro atoms. The Bertz CT molecular complexity index is 381. The van der Waals surface area contributed by atoms with Gasteiger partial charge in [-0.1, -0.05) is 0 Å². The molecule has 0 radical (unpaired) electrons. The van der Waals surface area contributed by atoms with Gasteiger partial charge in [0.2, 0.25) is 5.91 Å². The maximum atomic E-state index is 12.7. The van der Waals surface area contributed by atoms with Gasteiger partial charge in [-0.05, 0) is 54.8 Å². The average molecular weight is 246 g/mol. The zero-order chi connectivity index (χ0) is 11.9. The van der Waals surface area contributed by atoms with Gasteiger partial charge in [0, 0.05) is 32.1 Å². The first-order chi connectivity index (χ1) is 8.83. The highest BCUT2D eigenvalue weighted by molar-refractivity contribution is 5.83. The summed E-state index contributed by atoms with van der Waals surface area (Å²) < 4.78 is 0. The smallest absolute Gasteiger partial charge is 0.226 e. The van der Waals surface area contributed by atoms with Gasteiger partial charge in [-0.2, -0.15) is 0 Å². The highest BCUT2D eigenvalue weighted by Gasteiger charge is 2.68. The molecule has 3 heteroatoms. The molecule has 2 bridgehead atoms. The molecular weight excluding hydrogens is 224 g/mol. The van der Waals surface area contributed by atoms with Crippen molar-refractivity contribution in [3.63, 3.8) is 0 Å². The van der Waals surface area contributed by atoms with Gasteiger partial charge in [0.1, 0.15) is 0 Å². The van der Waals surface area contributed by atoms with E-state index in [4.69, 9.17) is 0 Å². The van der Waals surface area contributed by atoms with E-state index in [0.717, 1.165) is 61.7 Å². The molecule has 0 aromatic rings. The second-order valence-corrected chi connectivity index (χ2v) is 7.44. The minimum absolute atomic E-state index is 0.461. The van der Waals surface area contributed by atoms with Crippen LogP contribution in [0.25, 0.3) is 0 Å². The van der Waals surface area contributed by atoms with Crippen LogP contribution in [0.1, 0.15) is 19.3 Å². The van der Waals surface area contributed by atoms with Crippen LogP contribution in [0.15, 0.2) is 0 Å². The number of nitrogens with zero attached hydrogens (tertiary/aromatic N) is 1. The molecule has 2 aliphatic heterocycles. The fourth-order valence-corrected chi connectivity index (χ4v) is 5.90. The molecule has 2 heterocycles. The Labute approximate surface area is 108 Å². The average Bonchev–Trinajstić information content (AvgIpc) is 2.84. The molecule has 1 N–H and O–H groups in total. The van der Waals surface area contributed by atoms with E-state index in [2.05, 4.69) is 10.2 Å². The Morgan fingerprint density at radius 3 is 2.17 bits per heavy atom. The van der Waals surface area contributed by atoms with Crippen molar-refractivity contribution >= 4 is 5.91 Å². The number of likely N-dealkylation sites (tertiary alicyclic amines) is 1. The minimum atomic E-state index is 0.461. The summed E-state index contributed by atoms with van der Waals surface area (Å²) in [6, 6.07) is 0. The molecule has 5 fully saturated rings. The molecule has 1 amide bonds. The largest absolute Gasteiger partial charge is 0.342 e. The van der Waals surface area contributed by atoms with Gasteiger partial charge in [-0.15, -0.1) is 0 Å². The molecule has 5 aliphatic rings. The molecule has 6 unspecified atom stereocenters. The van der Waals surface area contributed by atoms with E-state index in [1.165, 1.54) is 19.3 Å². The van der Waals surface area contributed by atoms with Gasteiger partial charge >= 0.3 is 0 Å². The molecule has 18 heavy (non-hydrogen) atoms. The molecule has 0 aromatic heterocycles. The van der Waals surface area contributed by atoms with Crippen LogP contribution >= 0.6 is 0 Å². The molecule has 3 saturated carbocycles. The van der Waals surface area contributed by atoms with Crippen LogP contribution in [0.2, 0.25) is 0 Å². The first-order valence-corrected chi connectivity index (χ1v) is 7.82. The number of hydrogen-bond donors (Lipinski definition) is 1. The number of carbonyl (C=O) groups is 1. The summed E-state index contributed by atoms with van der Waals surface area (Å²) >= 11 is 0. The molecular formula is C15H22N2O. The number of hydrogen-bond acceptors (Lipinski definition) is 2. The van der Waals surface area contributed by atoms with Crippen LogP contribution < -0.4 is 5.32 Å². The van der Waals surface area contributed by atoms with Crippen molar-refractivity contribution in [1.29, 1.82) is 0 Å². The van der Waals surface area contributed by atoms with Gasteiger partial charge < -0.3 is 10.2 Å². The van der Waals surface area contributed by atoms with Crippen molar-refractivity contribution in [3.8, 4) is 0 Å². The third-order valence-electron chi connectivity index (χ3n) is 6.72. The molecule has 98 valence electrons. The first-order valence-electron chi connectivity index (χ1n) is 7.82. The van der Waals surface area contributed by atoms with Crippen LogP contribution in [0.3, 0.4) is 0 Å². The molecule has 2 saturated heterocycles. The summed E-state index contributed by atoms with van der Waals surface area (Å²) in [6.07, 6.45) is 4.30. The monoisotopic (exact) mass is 246 g/mol. The van der Waals surface area contributed by atoms with Crippen molar-refractivity contribution in [1.82, 2.24) is 10.2 Å². The summed E-state index contributed by atoms with van der Waals surface area (Å²) in [4.78, 5) is 14.9. The Hall–Kier alpha value is -0.570. The van der Waals surface area contributed by atoms with E-state index in [9.17, 15) is 4.79 Å². The van der Waals surface area contributed by atoms with Gasteiger partial charge in [-0.3, -0.25) is 4.79 Å². The van der Waals surface area contributed by atoms with E-state index in [1.54, 1.807) is 0 Å². The van der Waals surface area contributed by atoms with Crippen LogP contribution in [-0.2, 0) is 4.79 Å². The van der Waals surface area contributed by atoms with Crippen LogP contribution in [-0.4, -0.2) is 37.0 Å². The van der Waals surface area contributed by atoms with Crippen molar-refractivity contribution in [3.05, 3.63) is 0 Å². The maximum absolute atomic E-state index is 12.7. The van der Waals surface area contributed by atoms with Crippen molar-refractivity contribution in [2.75, 3.05) is 26.2 Å². The lowest BCUT2D eigenvalue weighted by Gasteiger charge is -2.19. The summed E-state index contributed by atoms with van der Waals surface area (Å²) in [5, 5.41) is 3.45. The van der Waals surface area contributed by atoms with Gasteiger partial charge in [0.05, 0.1) is 0 Å². The van der Waals surface area contributed by atoms with Gasteiger partial charge in [-0.25, -0.2) is 0 Å². The van der Waals surface area contributed by atoms with E-state index in [-0.39, 0.29) is 0 Å². The Morgan fingerprint density at radius 2 is 1.56 bits per heavy atom. The van der Waals surface area contributed by atoms with Crippen LogP contribution in [0.5, 0.6) is 0 Å². The standard InChI is InChI=1S/C15H22N2O/c18-15(17-6-10-4-16-5-11(10)7-17)14-12-8-1-2-9(3-8)13(12)14/h8-14,16H,1-7H2. The molecule has 3 aliphatic carbocycles. The van der Waals surface area contributed by atoms with E-state index in [1.807, 2.05) is 0 Å². The van der Waals surface area contributed by atoms with E-state index >= 15 is 0 Å². The molecule has 6 atom stereocenters. The predicted octanol–water partition coefficient (Wildman–Crippen LogP) is 0.956. The first kappa shape index (κ1) is 10.2. The second kappa shape index (κ2) is 3.30. The summed E-state index contributed by atoms with van der Waals surface area (Å²) in [6.45, 7) is 4.36. The fourth-order valence-electron chi connectivity index (χ4n) is 5.90. The Kier molecular flexibility index (Phi) is 1.88. The number of nitrogens with one attached hydrogen (secondary N) is 1. The minimum Gasteiger partial charge on any atom is -0.342 e. The van der Waals surface area contributed by atoms with Crippen molar-refractivity contribution in [2.45, 2.75) is 19.3 Å². The lowest BCUT2D eigenvalue weighted by molar-refractivity contribution is -0.132. The Morgan fingerprint density at radius 1 is 0.944 bits per heavy atom. The van der Waals surface area contributed by atoms with E-state index in [0.29, 0.717) is 11.8 Å². The van der Waals surface area contributed by atoms with E-state index < -0.39 is 0 Å². The zero-order valence-corrected chi connectivity index (χ0v) is 10.8. The van der Waals surface area contributed by atoms with Crippen molar-refractivity contribution < 1.29 is 4.79 Å². The number of rotatable bonds is 1. The molecule has 3 nitrogen and oxygen atoms in total. The lowest BCUT2D eigenvalue weighted by Crippen LogP contribution is -2.34. The number of amides is 1. The van der Waals surface area contributed by atoms with Gasteiger partial charge in [0.25, 0.3) is 0 Å². The quantitative estimate of drug-likeness (QED) is 0.747. The lowest BCUT2D eigenvalue weighted by atomic mass is 10.0. The number of fused-ring (bicyclic) bond motifs is 6. The molecule has 5 rings (SSSR count). The van der Waals surface area contributed by atoms with Crippen LogP contribution in [0, 0.1) is 41.4 Å². The summed E-state index contributed by atoms with van der Waals surface area (Å²) in [7, 11) is 0. The normalized spacial score (nSPS) is 55.8. The predicted molar refractivity (Wildman–Crippen MR) is 67.7 cm³/mol. The second-order valence-electron chi connectivity index (χ2n) is 7.44. The third-order valence-corrected chi connectivity index (χ3v) is 6.72. The maximum Gasteiger partial charge on any atom is 0.226 e. The van der Waals surface area contributed by atoms with Crippen molar-refractivity contribution in [2.24, 2.45) is 41.4 Å². The number of carbonyl (C=O) groups excluding carboxylic acids is 1. The Balaban J connectivity index is 1.31. The summed E-state index contributed by atoms with van der Waals surface area (Å²) in [5.41, 5.74) is 0. The SMILES string of the molecule is O=C(C1C2C3CCC(C3)C12)N1CC2CNCC2C1. The highest BCUT2D eigenvalue weighted by atomic mass is 16.2. The van der Waals surface area contributed by atoms with Gasteiger partial charge in [0.15, 0.2) is 0 Å². The third kappa shape index (κ3) is 1.17. The van der Waals surface area contributed by atoms with Crippen LogP contribution in [0.4, 0.5) is 0 Å². The highest BCUT2D eigenvalue weighted by Crippen LogP contribution is 2.69. The fraction of sp³-hybridized carbons (Fsp3) is 0.933. The summed E-state index contributed by atoms with van der Waals surface area (Å²) in [5.74, 6) is 5.99.